The van der Waals surface area contributed by atoms with Crippen LogP contribution < -0.4 is 0 Å². The van der Waals surface area contributed by atoms with Gasteiger partial charge in [-0.15, -0.1) is 0 Å². The van der Waals surface area contributed by atoms with Gasteiger partial charge in [0.1, 0.15) is 5.60 Å². The minimum Gasteiger partial charge on any atom is -0.384 e. The van der Waals surface area contributed by atoms with Gasteiger partial charge in [0.15, 0.2) is 9.84 Å². The highest BCUT2D eigenvalue weighted by Gasteiger charge is 2.30. The van der Waals surface area contributed by atoms with E-state index in [1.165, 1.54) is 6.92 Å². The average Bonchev–Trinajstić information content (AvgIpc) is 2.40. The van der Waals surface area contributed by atoms with Gasteiger partial charge < -0.3 is 5.11 Å². The summed E-state index contributed by atoms with van der Waals surface area (Å²) in [6, 6.07) is 13.9. The number of aryl methyl sites for hydroxylation is 1. The van der Waals surface area contributed by atoms with Crippen molar-refractivity contribution in [2.75, 3.05) is 5.75 Å². The number of rotatable bonds is 5. The fraction of sp³-hybridized carbons (Fsp3) is 0.294. The SMILES string of the molecule is Cc1ccc(C(C)(O)CS(=O)(=O)Cc2ccc(Cl)cc2)cc1. The molecule has 0 radical (unpaired) electrons. The molecule has 3 nitrogen and oxygen atoms in total. The quantitative estimate of drug-likeness (QED) is 0.908. The Kier molecular flexibility index (Phi) is 4.95. The lowest BCUT2D eigenvalue weighted by molar-refractivity contribution is 0.0819. The summed E-state index contributed by atoms with van der Waals surface area (Å²) < 4.78 is 24.7. The highest BCUT2D eigenvalue weighted by atomic mass is 35.5. The van der Waals surface area contributed by atoms with Crippen molar-refractivity contribution in [1.29, 1.82) is 0 Å². The maximum Gasteiger partial charge on any atom is 0.157 e. The lowest BCUT2D eigenvalue weighted by Gasteiger charge is -2.24. The van der Waals surface area contributed by atoms with Crippen LogP contribution in [0.3, 0.4) is 0 Å². The molecule has 0 spiro atoms. The van der Waals surface area contributed by atoms with Crippen LogP contribution in [0.5, 0.6) is 0 Å². The van der Waals surface area contributed by atoms with Crippen LogP contribution in [0.4, 0.5) is 0 Å². The van der Waals surface area contributed by atoms with Gasteiger partial charge in [-0.1, -0.05) is 53.6 Å². The number of halogens is 1. The Hall–Kier alpha value is -1.36. The van der Waals surface area contributed by atoms with Crippen LogP contribution in [-0.2, 0) is 21.2 Å². The Morgan fingerprint density at radius 2 is 1.59 bits per heavy atom. The molecule has 2 aromatic carbocycles. The molecule has 5 heteroatoms. The Balaban J connectivity index is 2.16. The number of sulfone groups is 1. The van der Waals surface area contributed by atoms with Crippen LogP contribution in [0.1, 0.15) is 23.6 Å². The van der Waals surface area contributed by atoms with Gasteiger partial charge in [0, 0.05) is 5.02 Å². The van der Waals surface area contributed by atoms with Crippen LogP contribution in [-0.4, -0.2) is 19.3 Å². The smallest absolute Gasteiger partial charge is 0.157 e. The molecule has 2 rings (SSSR count). The second kappa shape index (κ2) is 6.41. The van der Waals surface area contributed by atoms with E-state index in [0.717, 1.165) is 5.56 Å². The third kappa shape index (κ3) is 4.57. The van der Waals surface area contributed by atoms with Crippen molar-refractivity contribution >= 4 is 21.4 Å². The summed E-state index contributed by atoms with van der Waals surface area (Å²) in [5.41, 5.74) is 0.893. The number of benzene rings is 2. The third-order valence-corrected chi connectivity index (χ3v) is 5.50. The van der Waals surface area contributed by atoms with Crippen molar-refractivity contribution in [2.45, 2.75) is 25.2 Å². The molecule has 1 atom stereocenters. The largest absolute Gasteiger partial charge is 0.384 e. The van der Waals surface area contributed by atoms with Crippen LogP contribution >= 0.6 is 11.6 Å². The van der Waals surface area contributed by atoms with E-state index < -0.39 is 15.4 Å². The molecular weight excluding hydrogens is 320 g/mol. The Bertz CT molecular complexity index is 732. The zero-order chi connectivity index (χ0) is 16.4. The van der Waals surface area contributed by atoms with E-state index in [9.17, 15) is 13.5 Å². The van der Waals surface area contributed by atoms with Crippen molar-refractivity contribution in [3.05, 3.63) is 70.2 Å². The summed E-state index contributed by atoms with van der Waals surface area (Å²) in [6.45, 7) is 3.47. The maximum absolute atomic E-state index is 12.3. The van der Waals surface area contributed by atoms with Gasteiger partial charge in [0.05, 0.1) is 11.5 Å². The first-order valence-corrected chi connectivity index (χ1v) is 9.12. The van der Waals surface area contributed by atoms with Gasteiger partial charge in [0.25, 0.3) is 0 Å². The molecule has 0 aliphatic carbocycles. The molecule has 1 unspecified atom stereocenters. The predicted molar refractivity (Wildman–Crippen MR) is 89.7 cm³/mol. The summed E-state index contributed by atoms with van der Waals surface area (Å²) in [5, 5.41) is 11.1. The molecule has 0 aliphatic rings. The van der Waals surface area contributed by atoms with Crippen LogP contribution in [0.15, 0.2) is 48.5 Å². The first-order valence-electron chi connectivity index (χ1n) is 6.92. The normalized spacial score (nSPS) is 14.5. The van der Waals surface area contributed by atoms with Gasteiger partial charge in [-0.3, -0.25) is 0 Å². The fourth-order valence-corrected chi connectivity index (χ4v) is 4.26. The van der Waals surface area contributed by atoms with Crippen molar-refractivity contribution in [3.63, 3.8) is 0 Å². The van der Waals surface area contributed by atoms with Gasteiger partial charge >= 0.3 is 0 Å². The number of aliphatic hydroxyl groups is 1. The molecular formula is C17H19ClO3S. The number of hydrogen-bond donors (Lipinski definition) is 1. The summed E-state index contributed by atoms with van der Waals surface area (Å²) in [7, 11) is -3.46. The van der Waals surface area contributed by atoms with Gasteiger partial charge in [-0.05, 0) is 37.1 Å². The topological polar surface area (TPSA) is 54.4 Å². The molecule has 22 heavy (non-hydrogen) atoms. The maximum atomic E-state index is 12.3. The van der Waals surface area contributed by atoms with Crippen molar-refractivity contribution in [2.24, 2.45) is 0 Å². The van der Waals surface area contributed by atoms with E-state index in [1.54, 1.807) is 36.4 Å². The van der Waals surface area contributed by atoms with Gasteiger partial charge in [0.2, 0.25) is 0 Å². The average molecular weight is 339 g/mol. The van der Waals surface area contributed by atoms with Crippen molar-refractivity contribution in [3.8, 4) is 0 Å². The molecule has 0 amide bonds. The minimum atomic E-state index is -3.46. The zero-order valence-corrected chi connectivity index (χ0v) is 14.2. The molecule has 0 fully saturated rings. The molecule has 0 bridgehead atoms. The first-order chi connectivity index (χ1) is 10.2. The third-order valence-electron chi connectivity index (χ3n) is 3.47. The highest BCUT2D eigenvalue weighted by molar-refractivity contribution is 7.90. The van der Waals surface area contributed by atoms with Crippen LogP contribution in [0.2, 0.25) is 5.02 Å². The lowest BCUT2D eigenvalue weighted by Crippen LogP contribution is -2.31. The van der Waals surface area contributed by atoms with Crippen LogP contribution in [0.25, 0.3) is 0 Å². The summed E-state index contributed by atoms with van der Waals surface area (Å²) in [5.74, 6) is -0.447. The summed E-state index contributed by atoms with van der Waals surface area (Å²) in [6.07, 6.45) is 0. The minimum absolute atomic E-state index is 0.119. The second-order valence-corrected chi connectivity index (χ2v) is 8.30. The molecule has 0 saturated heterocycles. The van der Waals surface area contributed by atoms with E-state index in [2.05, 4.69) is 0 Å². The molecule has 0 aliphatic heterocycles. The molecule has 1 N–H and O–H groups in total. The zero-order valence-electron chi connectivity index (χ0n) is 12.6. The molecule has 0 saturated carbocycles. The Morgan fingerprint density at radius 1 is 1.05 bits per heavy atom. The summed E-state index contributed by atoms with van der Waals surface area (Å²) in [4.78, 5) is 0. The van der Waals surface area contributed by atoms with Crippen molar-refractivity contribution < 1.29 is 13.5 Å². The van der Waals surface area contributed by atoms with E-state index >= 15 is 0 Å². The van der Waals surface area contributed by atoms with Crippen molar-refractivity contribution in [1.82, 2.24) is 0 Å². The Labute approximate surface area is 136 Å². The van der Waals surface area contributed by atoms with E-state index in [4.69, 9.17) is 11.6 Å². The van der Waals surface area contributed by atoms with E-state index in [-0.39, 0.29) is 11.5 Å². The fourth-order valence-electron chi connectivity index (χ4n) is 2.31. The summed E-state index contributed by atoms with van der Waals surface area (Å²) >= 11 is 5.79. The van der Waals surface area contributed by atoms with Crippen LogP contribution in [0, 0.1) is 6.92 Å². The molecule has 0 heterocycles. The molecule has 0 aromatic heterocycles. The van der Waals surface area contributed by atoms with E-state index in [1.807, 2.05) is 19.1 Å². The highest BCUT2D eigenvalue weighted by Crippen LogP contribution is 2.24. The van der Waals surface area contributed by atoms with Gasteiger partial charge in [-0.25, -0.2) is 8.42 Å². The first kappa shape index (κ1) is 17.0. The monoisotopic (exact) mass is 338 g/mol. The van der Waals surface area contributed by atoms with E-state index in [0.29, 0.717) is 16.1 Å². The Morgan fingerprint density at radius 3 is 2.14 bits per heavy atom. The lowest BCUT2D eigenvalue weighted by atomic mass is 9.97. The predicted octanol–water partition coefficient (Wildman–Crippen LogP) is 3.47. The standard InChI is InChI=1S/C17H19ClO3S/c1-13-3-7-15(8-4-13)17(2,19)12-22(20,21)11-14-5-9-16(18)10-6-14/h3-10,19H,11-12H2,1-2H3. The second-order valence-electron chi connectivity index (χ2n) is 5.80. The molecule has 118 valence electrons. The van der Waals surface area contributed by atoms with Gasteiger partial charge in [-0.2, -0.15) is 0 Å². The molecule has 2 aromatic rings. The number of hydrogen-bond acceptors (Lipinski definition) is 3.